The van der Waals surface area contributed by atoms with Gasteiger partial charge in [0.05, 0.1) is 5.69 Å². The van der Waals surface area contributed by atoms with Crippen molar-refractivity contribution in [3.05, 3.63) is 69.5 Å². The first-order chi connectivity index (χ1) is 12.5. The van der Waals surface area contributed by atoms with Crippen molar-refractivity contribution in [2.24, 2.45) is 0 Å². The third-order valence-corrected chi connectivity index (χ3v) is 4.27. The molecule has 0 aliphatic carbocycles. The molecule has 0 amide bonds. The van der Waals surface area contributed by atoms with Gasteiger partial charge >= 0.3 is 11.6 Å². The molecule has 1 aromatic heterocycles. The van der Waals surface area contributed by atoms with E-state index in [9.17, 15) is 9.59 Å². The lowest BCUT2D eigenvalue weighted by Crippen LogP contribution is -2.24. The SMILES string of the molecule is CC[C@H](C)Nc1c(C(=O)Oc2ccccc2)c(=O)oc2cc(Cl)ccc12. The highest BCUT2D eigenvalue weighted by Crippen LogP contribution is 2.29. The first kappa shape index (κ1) is 18.0. The minimum atomic E-state index is -0.772. The van der Waals surface area contributed by atoms with Crippen molar-refractivity contribution >= 4 is 34.2 Å². The molecular formula is C20H18ClNO4. The van der Waals surface area contributed by atoms with Gasteiger partial charge in [-0.2, -0.15) is 0 Å². The second kappa shape index (κ2) is 7.62. The molecule has 0 radical (unpaired) electrons. The minimum absolute atomic E-state index is 0.0407. The van der Waals surface area contributed by atoms with Crippen molar-refractivity contribution < 1.29 is 13.9 Å². The Morgan fingerprint density at radius 3 is 2.65 bits per heavy atom. The Hall–Kier alpha value is -2.79. The van der Waals surface area contributed by atoms with Crippen molar-refractivity contribution in [3.8, 4) is 5.75 Å². The number of carbonyl (C=O) groups is 1. The monoisotopic (exact) mass is 371 g/mol. The fraction of sp³-hybridized carbons (Fsp3) is 0.200. The summed E-state index contributed by atoms with van der Waals surface area (Å²) < 4.78 is 10.7. The Labute approximate surface area is 155 Å². The quantitative estimate of drug-likeness (QED) is 0.393. The standard InChI is InChI=1S/C20H18ClNO4/c1-3-12(2)22-18-15-10-9-13(21)11-16(15)26-20(24)17(18)19(23)25-14-7-5-4-6-8-14/h4-12,22H,3H2,1-2H3/t12-/m0/s1. The summed E-state index contributed by atoms with van der Waals surface area (Å²) in [6.07, 6.45) is 0.808. The highest BCUT2D eigenvalue weighted by molar-refractivity contribution is 6.31. The number of ether oxygens (including phenoxy) is 1. The number of carbonyl (C=O) groups excluding carboxylic acids is 1. The summed E-state index contributed by atoms with van der Waals surface area (Å²) in [6, 6.07) is 13.6. The maximum Gasteiger partial charge on any atom is 0.353 e. The van der Waals surface area contributed by atoms with Gasteiger partial charge in [-0.3, -0.25) is 0 Å². The van der Waals surface area contributed by atoms with Gasteiger partial charge in [0.2, 0.25) is 0 Å². The molecular weight excluding hydrogens is 354 g/mol. The number of esters is 1. The fourth-order valence-electron chi connectivity index (χ4n) is 2.51. The van der Waals surface area contributed by atoms with E-state index in [1.165, 1.54) is 0 Å². The van der Waals surface area contributed by atoms with E-state index in [4.69, 9.17) is 20.8 Å². The number of rotatable bonds is 5. The maximum atomic E-state index is 12.7. The van der Waals surface area contributed by atoms with E-state index in [0.717, 1.165) is 6.42 Å². The molecule has 0 aliphatic heterocycles. The summed E-state index contributed by atoms with van der Waals surface area (Å²) in [5.74, 6) is -0.421. The molecule has 5 nitrogen and oxygen atoms in total. The van der Waals surface area contributed by atoms with Gasteiger partial charge in [-0.1, -0.05) is 36.7 Å². The van der Waals surface area contributed by atoms with E-state index >= 15 is 0 Å². The summed E-state index contributed by atoms with van der Waals surface area (Å²) in [7, 11) is 0. The van der Waals surface area contributed by atoms with Crippen LogP contribution in [0.2, 0.25) is 5.02 Å². The normalized spacial score (nSPS) is 12.0. The van der Waals surface area contributed by atoms with Crippen LogP contribution in [-0.4, -0.2) is 12.0 Å². The molecule has 3 rings (SSSR count). The Balaban J connectivity index is 2.14. The van der Waals surface area contributed by atoms with Gasteiger partial charge in [-0.25, -0.2) is 9.59 Å². The molecule has 0 fully saturated rings. The molecule has 3 aromatic rings. The number of nitrogens with one attached hydrogen (secondary N) is 1. The van der Waals surface area contributed by atoms with Crippen LogP contribution >= 0.6 is 11.6 Å². The van der Waals surface area contributed by atoms with Crippen LogP contribution in [0.5, 0.6) is 5.75 Å². The Morgan fingerprint density at radius 1 is 1.23 bits per heavy atom. The van der Waals surface area contributed by atoms with Crippen LogP contribution in [0.3, 0.4) is 0 Å². The number of hydrogen-bond donors (Lipinski definition) is 1. The predicted octanol–water partition coefficient (Wildman–Crippen LogP) is 4.88. The van der Waals surface area contributed by atoms with Gasteiger partial charge in [-0.15, -0.1) is 0 Å². The molecule has 0 unspecified atom stereocenters. The number of hydrogen-bond acceptors (Lipinski definition) is 5. The highest BCUT2D eigenvalue weighted by Gasteiger charge is 2.24. The van der Waals surface area contributed by atoms with E-state index in [2.05, 4.69) is 5.32 Å². The fourth-order valence-corrected chi connectivity index (χ4v) is 2.67. The van der Waals surface area contributed by atoms with Crippen LogP contribution in [0.25, 0.3) is 11.0 Å². The van der Waals surface area contributed by atoms with Gasteiger partial charge in [0.15, 0.2) is 5.56 Å². The number of anilines is 1. The van der Waals surface area contributed by atoms with Crippen LogP contribution in [-0.2, 0) is 0 Å². The van der Waals surface area contributed by atoms with E-state index in [0.29, 0.717) is 27.4 Å². The molecule has 0 spiro atoms. The van der Waals surface area contributed by atoms with Crippen LogP contribution in [0.1, 0.15) is 30.6 Å². The van der Waals surface area contributed by atoms with Crippen LogP contribution in [0.15, 0.2) is 57.7 Å². The van der Waals surface area contributed by atoms with E-state index in [-0.39, 0.29) is 11.6 Å². The summed E-state index contributed by atoms with van der Waals surface area (Å²) in [4.78, 5) is 25.2. The molecule has 6 heteroatoms. The molecule has 2 aromatic carbocycles. The summed E-state index contributed by atoms with van der Waals surface area (Å²) >= 11 is 5.99. The minimum Gasteiger partial charge on any atom is -0.423 e. The number of para-hydroxylation sites is 1. The van der Waals surface area contributed by atoms with Gasteiger partial charge in [0, 0.05) is 22.5 Å². The number of benzene rings is 2. The second-order valence-electron chi connectivity index (χ2n) is 5.94. The molecule has 1 heterocycles. The first-order valence-electron chi connectivity index (χ1n) is 8.29. The third-order valence-electron chi connectivity index (χ3n) is 4.03. The summed E-state index contributed by atoms with van der Waals surface area (Å²) in [6.45, 7) is 3.97. The number of halogens is 1. The van der Waals surface area contributed by atoms with Crippen LogP contribution < -0.4 is 15.7 Å². The Morgan fingerprint density at radius 2 is 1.96 bits per heavy atom. The first-order valence-corrected chi connectivity index (χ1v) is 8.67. The lowest BCUT2D eigenvalue weighted by molar-refractivity contribution is 0.0731. The van der Waals surface area contributed by atoms with Crippen molar-refractivity contribution in [1.82, 2.24) is 0 Å². The molecule has 0 saturated carbocycles. The van der Waals surface area contributed by atoms with E-state index in [1.807, 2.05) is 13.8 Å². The van der Waals surface area contributed by atoms with Crippen LogP contribution in [0.4, 0.5) is 5.69 Å². The largest absolute Gasteiger partial charge is 0.423 e. The smallest absolute Gasteiger partial charge is 0.353 e. The zero-order valence-corrected chi connectivity index (χ0v) is 15.2. The van der Waals surface area contributed by atoms with Gasteiger partial charge in [0.25, 0.3) is 0 Å². The summed E-state index contributed by atoms with van der Waals surface area (Å²) in [5.41, 5.74) is -0.233. The topological polar surface area (TPSA) is 68.5 Å². The highest BCUT2D eigenvalue weighted by atomic mass is 35.5. The third kappa shape index (κ3) is 3.73. The lowest BCUT2D eigenvalue weighted by atomic mass is 10.1. The van der Waals surface area contributed by atoms with Crippen molar-refractivity contribution in [2.45, 2.75) is 26.3 Å². The Kier molecular flexibility index (Phi) is 5.28. The molecule has 0 aliphatic rings. The second-order valence-corrected chi connectivity index (χ2v) is 6.37. The van der Waals surface area contributed by atoms with E-state index in [1.54, 1.807) is 48.5 Å². The summed E-state index contributed by atoms with van der Waals surface area (Å²) in [5, 5.41) is 4.26. The molecule has 134 valence electrons. The maximum absolute atomic E-state index is 12.7. The molecule has 26 heavy (non-hydrogen) atoms. The Bertz CT molecular complexity index is 998. The molecule has 0 saturated heterocycles. The zero-order valence-electron chi connectivity index (χ0n) is 14.4. The van der Waals surface area contributed by atoms with Gasteiger partial charge < -0.3 is 14.5 Å². The van der Waals surface area contributed by atoms with E-state index < -0.39 is 11.6 Å². The average Bonchev–Trinajstić information content (AvgIpc) is 2.61. The van der Waals surface area contributed by atoms with Crippen LogP contribution in [0, 0.1) is 0 Å². The molecule has 0 bridgehead atoms. The average molecular weight is 372 g/mol. The predicted molar refractivity (Wildman–Crippen MR) is 102 cm³/mol. The van der Waals surface area contributed by atoms with Crippen molar-refractivity contribution in [3.63, 3.8) is 0 Å². The zero-order chi connectivity index (χ0) is 18.7. The molecule has 1 atom stereocenters. The van der Waals surface area contributed by atoms with Gasteiger partial charge in [0.1, 0.15) is 11.3 Å². The lowest BCUT2D eigenvalue weighted by Gasteiger charge is -2.17. The van der Waals surface area contributed by atoms with Crippen molar-refractivity contribution in [2.75, 3.05) is 5.32 Å². The molecule has 1 N–H and O–H groups in total. The number of fused-ring (bicyclic) bond motifs is 1. The van der Waals surface area contributed by atoms with Crippen molar-refractivity contribution in [1.29, 1.82) is 0 Å². The van der Waals surface area contributed by atoms with Gasteiger partial charge in [-0.05, 0) is 37.6 Å².